The molecule has 3 unspecified atom stereocenters. The third-order valence-corrected chi connectivity index (χ3v) is 4.16. The molecule has 0 N–H and O–H groups in total. The van der Waals surface area contributed by atoms with E-state index in [2.05, 4.69) is 31.8 Å². The Kier molecular flexibility index (Phi) is 3.49. The number of hydrogen-bond acceptors (Lipinski definition) is 4. The van der Waals surface area contributed by atoms with Crippen LogP contribution in [0.5, 0.6) is 0 Å². The van der Waals surface area contributed by atoms with Gasteiger partial charge in [0.15, 0.2) is 0 Å². The van der Waals surface area contributed by atoms with Gasteiger partial charge in [0.25, 0.3) is 0 Å². The van der Waals surface area contributed by atoms with E-state index in [0.717, 1.165) is 6.61 Å². The average molecular weight is 279 g/mol. The van der Waals surface area contributed by atoms with Gasteiger partial charge >= 0.3 is 0 Å². The van der Waals surface area contributed by atoms with E-state index >= 15 is 0 Å². The number of hydrogen-bond donors (Lipinski definition) is 0. The Hall–Kier alpha value is -0.723. The summed E-state index contributed by atoms with van der Waals surface area (Å²) in [7, 11) is -1.67. The lowest BCUT2D eigenvalue weighted by Gasteiger charge is -2.30. The molecule has 19 heavy (non-hydrogen) atoms. The van der Waals surface area contributed by atoms with Crippen molar-refractivity contribution in [1.29, 1.82) is 0 Å². The molecule has 2 saturated heterocycles. The zero-order valence-electron chi connectivity index (χ0n) is 11.7. The van der Waals surface area contributed by atoms with Crippen LogP contribution in [0, 0.1) is 5.92 Å². The maximum Gasteiger partial charge on any atom is 0.215 e. The number of rotatable bonds is 3. The van der Waals surface area contributed by atoms with Crippen molar-refractivity contribution in [2.45, 2.75) is 31.8 Å². The van der Waals surface area contributed by atoms with Crippen molar-refractivity contribution >= 4 is 8.32 Å². The molecule has 2 aliphatic heterocycles. The fourth-order valence-electron chi connectivity index (χ4n) is 2.65. The van der Waals surface area contributed by atoms with E-state index in [1.165, 1.54) is 5.56 Å². The molecule has 3 rings (SSSR count). The lowest BCUT2D eigenvalue weighted by atomic mass is 9.96. The number of fused-ring (bicyclic) bond motifs is 1. The molecule has 2 fully saturated rings. The molecule has 104 valence electrons. The molecule has 4 nitrogen and oxygen atoms in total. The van der Waals surface area contributed by atoms with Gasteiger partial charge in [-0.3, -0.25) is 4.84 Å². The van der Waals surface area contributed by atoms with Gasteiger partial charge in [-0.2, -0.15) is 0 Å². The predicted octanol–water partition coefficient (Wildman–Crippen LogP) is 2.76. The van der Waals surface area contributed by atoms with Crippen molar-refractivity contribution in [3.05, 3.63) is 35.9 Å². The van der Waals surface area contributed by atoms with Crippen molar-refractivity contribution in [2.75, 3.05) is 13.2 Å². The van der Waals surface area contributed by atoms with Crippen molar-refractivity contribution in [1.82, 2.24) is 5.23 Å². The maximum atomic E-state index is 6.03. The highest BCUT2D eigenvalue weighted by atomic mass is 28.4. The highest BCUT2D eigenvalue weighted by Crippen LogP contribution is 2.41. The third-order valence-electron chi connectivity index (χ3n) is 3.43. The second kappa shape index (κ2) is 4.99. The fourth-order valence-corrected chi connectivity index (χ4v) is 3.36. The summed E-state index contributed by atoms with van der Waals surface area (Å²) in [6.45, 7) is 7.93. The zero-order valence-corrected chi connectivity index (χ0v) is 12.7. The molecular formula is C14H21NO3Si. The highest BCUT2D eigenvalue weighted by molar-refractivity contribution is 6.69. The Bertz CT molecular complexity index is 434. The van der Waals surface area contributed by atoms with E-state index in [0.29, 0.717) is 12.5 Å². The zero-order chi connectivity index (χ0) is 13.5. The molecule has 0 radical (unpaired) electrons. The summed E-state index contributed by atoms with van der Waals surface area (Å²) in [5, 5.41) is 1.72. The first-order valence-electron chi connectivity index (χ1n) is 6.82. The maximum absolute atomic E-state index is 6.03. The van der Waals surface area contributed by atoms with Crippen LogP contribution in [0.2, 0.25) is 19.6 Å². The summed E-state index contributed by atoms with van der Waals surface area (Å²) >= 11 is 0. The van der Waals surface area contributed by atoms with Crippen LogP contribution >= 0.6 is 0 Å². The molecule has 2 aliphatic rings. The van der Waals surface area contributed by atoms with Crippen LogP contribution in [0.15, 0.2) is 30.3 Å². The molecule has 3 atom stereocenters. The van der Waals surface area contributed by atoms with Crippen LogP contribution in [-0.2, 0) is 14.1 Å². The Balaban J connectivity index is 1.80. The van der Waals surface area contributed by atoms with Gasteiger partial charge in [0.05, 0.1) is 19.3 Å². The van der Waals surface area contributed by atoms with Crippen LogP contribution < -0.4 is 0 Å². The average Bonchev–Trinajstić information content (AvgIpc) is 2.92. The van der Waals surface area contributed by atoms with Gasteiger partial charge in [0.2, 0.25) is 8.32 Å². The van der Waals surface area contributed by atoms with Crippen LogP contribution in [0.1, 0.15) is 11.7 Å². The molecule has 5 heteroatoms. The summed E-state index contributed by atoms with van der Waals surface area (Å²) in [6.07, 6.45) is 0.0463. The summed E-state index contributed by atoms with van der Waals surface area (Å²) in [5.41, 5.74) is 1.20. The van der Waals surface area contributed by atoms with Crippen LogP contribution in [0.25, 0.3) is 0 Å². The predicted molar refractivity (Wildman–Crippen MR) is 74.6 cm³/mol. The number of hydroxylamine groups is 2. The van der Waals surface area contributed by atoms with Gasteiger partial charge in [-0.15, -0.1) is 0 Å². The molecule has 0 aliphatic carbocycles. The molecule has 1 aromatic rings. The number of nitrogens with zero attached hydrogens (tertiary/aromatic N) is 1. The van der Waals surface area contributed by atoms with Crippen LogP contribution in [0.4, 0.5) is 0 Å². The second-order valence-electron chi connectivity index (χ2n) is 6.20. The number of benzene rings is 1. The van der Waals surface area contributed by atoms with E-state index in [-0.39, 0.29) is 12.1 Å². The Morgan fingerprint density at radius 1 is 1.16 bits per heavy atom. The van der Waals surface area contributed by atoms with Gasteiger partial charge < -0.3 is 9.26 Å². The normalized spacial score (nSPS) is 31.6. The largest absolute Gasteiger partial charge is 0.371 e. The van der Waals surface area contributed by atoms with Gasteiger partial charge in [-0.05, 0) is 25.2 Å². The highest BCUT2D eigenvalue weighted by Gasteiger charge is 2.49. The number of ether oxygens (including phenoxy) is 1. The quantitative estimate of drug-likeness (QED) is 0.796. The minimum Gasteiger partial charge on any atom is -0.371 e. The van der Waals surface area contributed by atoms with Crippen LogP contribution in [0.3, 0.4) is 0 Å². The van der Waals surface area contributed by atoms with Gasteiger partial charge in [-0.25, -0.2) is 0 Å². The second-order valence-corrected chi connectivity index (χ2v) is 10.6. The minimum absolute atomic E-state index is 0.0463. The van der Waals surface area contributed by atoms with Crippen molar-refractivity contribution in [3.63, 3.8) is 0 Å². The molecule has 0 saturated carbocycles. The monoisotopic (exact) mass is 279 g/mol. The van der Waals surface area contributed by atoms with Gasteiger partial charge in [-0.1, -0.05) is 35.6 Å². The first-order valence-corrected chi connectivity index (χ1v) is 10.2. The Morgan fingerprint density at radius 2 is 1.89 bits per heavy atom. The molecule has 0 aromatic heterocycles. The topological polar surface area (TPSA) is 30.9 Å². The van der Waals surface area contributed by atoms with Gasteiger partial charge in [0.1, 0.15) is 6.10 Å². The summed E-state index contributed by atoms with van der Waals surface area (Å²) < 4.78 is 12.0. The van der Waals surface area contributed by atoms with E-state index in [4.69, 9.17) is 14.1 Å². The lowest BCUT2D eigenvalue weighted by molar-refractivity contribution is -0.320. The SMILES string of the molecule is C[Si](C)(C)ON1OCC2COC(c3ccccc3)C21. The summed E-state index contributed by atoms with van der Waals surface area (Å²) in [5.74, 6) is 0.404. The molecular weight excluding hydrogens is 258 g/mol. The van der Waals surface area contributed by atoms with Crippen molar-refractivity contribution in [3.8, 4) is 0 Å². The third kappa shape index (κ3) is 2.75. The lowest BCUT2D eigenvalue weighted by Crippen LogP contribution is -2.42. The molecule has 2 heterocycles. The molecule has 0 spiro atoms. The van der Waals surface area contributed by atoms with E-state index in [9.17, 15) is 0 Å². The van der Waals surface area contributed by atoms with Gasteiger partial charge in [0, 0.05) is 5.92 Å². The first-order chi connectivity index (χ1) is 9.04. The smallest absolute Gasteiger partial charge is 0.215 e. The standard InChI is InChI=1S/C14H21NO3Si/c1-19(2,3)18-15-13-12(10-17-15)9-16-14(13)11-7-5-4-6-8-11/h4-8,12-14H,9-10H2,1-3H3. The van der Waals surface area contributed by atoms with E-state index < -0.39 is 8.32 Å². The van der Waals surface area contributed by atoms with Crippen molar-refractivity contribution in [2.24, 2.45) is 5.92 Å². The van der Waals surface area contributed by atoms with Crippen LogP contribution in [-0.4, -0.2) is 32.8 Å². The first kappa shape index (κ1) is 13.3. The Morgan fingerprint density at radius 3 is 2.58 bits per heavy atom. The van der Waals surface area contributed by atoms with E-state index in [1.54, 1.807) is 5.23 Å². The minimum atomic E-state index is -1.67. The molecule has 0 amide bonds. The summed E-state index contributed by atoms with van der Waals surface area (Å²) in [6, 6.07) is 10.5. The van der Waals surface area contributed by atoms with Crippen molar-refractivity contribution < 1.29 is 14.1 Å². The molecule has 1 aromatic carbocycles. The molecule has 0 bridgehead atoms. The Labute approximate surface area is 115 Å². The van der Waals surface area contributed by atoms with E-state index in [1.807, 2.05) is 18.2 Å². The summed E-state index contributed by atoms with van der Waals surface area (Å²) in [4.78, 5) is 5.71. The fraction of sp³-hybridized carbons (Fsp3) is 0.571.